The third kappa shape index (κ3) is 4.46. The van der Waals surface area contributed by atoms with Gasteiger partial charge < -0.3 is 14.8 Å². The molecule has 1 aromatic rings. The fraction of sp³-hybridized carbons (Fsp3) is 0.688. The third-order valence-electron chi connectivity index (χ3n) is 3.85. The molecule has 4 heteroatoms. The van der Waals surface area contributed by atoms with E-state index < -0.39 is 0 Å². The lowest BCUT2D eigenvalue weighted by atomic mass is 9.98. The molecule has 1 fully saturated rings. The topological polar surface area (TPSA) is 43.4 Å². The Bertz CT molecular complexity index is 392. The van der Waals surface area contributed by atoms with Gasteiger partial charge in [0.15, 0.2) is 0 Å². The van der Waals surface area contributed by atoms with Gasteiger partial charge in [-0.25, -0.2) is 0 Å². The van der Waals surface area contributed by atoms with Gasteiger partial charge in [-0.3, -0.25) is 4.98 Å². The van der Waals surface area contributed by atoms with Crippen LogP contribution < -0.4 is 10.1 Å². The van der Waals surface area contributed by atoms with Gasteiger partial charge in [-0.1, -0.05) is 0 Å². The Morgan fingerprint density at radius 3 is 3.05 bits per heavy atom. The summed E-state index contributed by atoms with van der Waals surface area (Å²) in [6, 6.07) is 2.40. The number of hydrogen-bond donors (Lipinski definition) is 1. The Morgan fingerprint density at radius 2 is 2.35 bits per heavy atom. The van der Waals surface area contributed by atoms with E-state index in [0.717, 1.165) is 25.2 Å². The summed E-state index contributed by atoms with van der Waals surface area (Å²) in [6.45, 7) is 3.59. The zero-order valence-electron chi connectivity index (χ0n) is 12.6. The first kappa shape index (κ1) is 15.3. The van der Waals surface area contributed by atoms with Crippen molar-refractivity contribution >= 4 is 0 Å². The van der Waals surface area contributed by atoms with Crippen molar-refractivity contribution in [2.45, 2.75) is 51.2 Å². The summed E-state index contributed by atoms with van der Waals surface area (Å²) >= 11 is 0. The normalized spacial score (nSPS) is 20.6. The van der Waals surface area contributed by atoms with Crippen molar-refractivity contribution in [1.82, 2.24) is 10.3 Å². The number of ether oxygens (including phenoxy) is 2. The second kappa shape index (κ2) is 8.22. The van der Waals surface area contributed by atoms with Gasteiger partial charge >= 0.3 is 0 Å². The van der Waals surface area contributed by atoms with Gasteiger partial charge in [-0.2, -0.15) is 0 Å². The van der Waals surface area contributed by atoms with E-state index in [1.165, 1.54) is 24.8 Å². The maximum absolute atomic E-state index is 5.80. The van der Waals surface area contributed by atoms with Gasteiger partial charge in [0.1, 0.15) is 5.75 Å². The third-order valence-corrected chi connectivity index (χ3v) is 3.85. The number of rotatable bonds is 7. The van der Waals surface area contributed by atoms with Crippen LogP contribution in [0.5, 0.6) is 5.75 Å². The maximum atomic E-state index is 5.80. The molecule has 0 saturated carbocycles. The highest BCUT2D eigenvalue weighted by Gasteiger charge is 2.17. The molecule has 1 aliphatic rings. The molecule has 0 spiro atoms. The molecule has 2 atom stereocenters. The zero-order valence-corrected chi connectivity index (χ0v) is 12.6. The van der Waals surface area contributed by atoms with E-state index in [1.807, 2.05) is 20.2 Å². The van der Waals surface area contributed by atoms with Crippen LogP contribution in [0.1, 0.15) is 50.6 Å². The molecule has 1 saturated heterocycles. The van der Waals surface area contributed by atoms with Gasteiger partial charge in [0.2, 0.25) is 0 Å². The molecule has 1 aliphatic heterocycles. The molecule has 1 N–H and O–H groups in total. The first-order valence-electron chi connectivity index (χ1n) is 7.70. The minimum atomic E-state index is 0.313. The van der Waals surface area contributed by atoms with E-state index >= 15 is 0 Å². The van der Waals surface area contributed by atoms with Crippen molar-refractivity contribution in [3.05, 3.63) is 24.0 Å². The Kier molecular flexibility index (Phi) is 6.27. The summed E-state index contributed by atoms with van der Waals surface area (Å²) in [5, 5.41) is 3.38. The minimum Gasteiger partial charge on any atom is -0.492 e. The van der Waals surface area contributed by atoms with Crippen LogP contribution in [0.4, 0.5) is 0 Å². The molecule has 0 amide bonds. The van der Waals surface area contributed by atoms with Crippen molar-refractivity contribution in [3.8, 4) is 5.75 Å². The van der Waals surface area contributed by atoms with Gasteiger partial charge in [0.25, 0.3) is 0 Å². The van der Waals surface area contributed by atoms with Crippen LogP contribution in [-0.2, 0) is 4.74 Å². The van der Waals surface area contributed by atoms with E-state index in [4.69, 9.17) is 9.47 Å². The maximum Gasteiger partial charge on any atom is 0.137 e. The van der Waals surface area contributed by atoms with Crippen LogP contribution >= 0.6 is 0 Å². The molecule has 0 aliphatic carbocycles. The largest absolute Gasteiger partial charge is 0.492 e. The fourth-order valence-electron chi connectivity index (χ4n) is 2.74. The molecule has 2 unspecified atom stereocenters. The Morgan fingerprint density at radius 1 is 1.45 bits per heavy atom. The summed E-state index contributed by atoms with van der Waals surface area (Å²) in [5.74, 6) is 0.846. The molecule has 2 heterocycles. The highest BCUT2D eigenvalue weighted by Crippen LogP contribution is 2.25. The zero-order chi connectivity index (χ0) is 14.2. The second-order valence-electron chi connectivity index (χ2n) is 5.29. The highest BCUT2D eigenvalue weighted by atomic mass is 16.5. The average molecular weight is 278 g/mol. The van der Waals surface area contributed by atoms with Crippen LogP contribution in [0.25, 0.3) is 0 Å². The summed E-state index contributed by atoms with van der Waals surface area (Å²) < 4.78 is 11.3. The molecule has 4 nitrogen and oxygen atoms in total. The second-order valence-corrected chi connectivity index (χ2v) is 5.29. The smallest absolute Gasteiger partial charge is 0.137 e. The van der Waals surface area contributed by atoms with E-state index in [1.54, 1.807) is 6.20 Å². The van der Waals surface area contributed by atoms with E-state index in [0.29, 0.717) is 18.8 Å². The summed E-state index contributed by atoms with van der Waals surface area (Å²) in [7, 11) is 2.00. The van der Waals surface area contributed by atoms with Gasteiger partial charge in [-0.05, 0) is 57.7 Å². The molecule has 0 aromatic carbocycles. The Labute approximate surface area is 121 Å². The summed E-state index contributed by atoms with van der Waals surface area (Å²) in [5.41, 5.74) is 1.19. The minimum absolute atomic E-state index is 0.313. The lowest BCUT2D eigenvalue weighted by Gasteiger charge is -2.25. The van der Waals surface area contributed by atoms with E-state index in [9.17, 15) is 0 Å². The monoisotopic (exact) mass is 278 g/mol. The average Bonchev–Trinajstić information content (AvgIpc) is 2.50. The number of nitrogens with zero attached hydrogens (tertiary/aromatic N) is 1. The molecule has 20 heavy (non-hydrogen) atoms. The lowest BCUT2D eigenvalue weighted by molar-refractivity contribution is 0.00865. The van der Waals surface area contributed by atoms with E-state index in [2.05, 4.69) is 16.4 Å². The van der Waals surface area contributed by atoms with Crippen LogP contribution in [0.2, 0.25) is 0 Å². The Hall–Kier alpha value is -1.13. The highest BCUT2D eigenvalue weighted by molar-refractivity contribution is 5.26. The van der Waals surface area contributed by atoms with Crippen LogP contribution in [0.3, 0.4) is 0 Å². The van der Waals surface area contributed by atoms with Crippen molar-refractivity contribution < 1.29 is 9.47 Å². The lowest BCUT2D eigenvalue weighted by Crippen LogP contribution is -2.23. The number of hydrogen-bond acceptors (Lipinski definition) is 4. The van der Waals surface area contributed by atoms with Crippen molar-refractivity contribution in [3.63, 3.8) is 0 Å². The number of aromatic nitrogens is 1. The first-order valence-corrected chi connectivity index (χ1v) is 7.70. The number of pyridine rings is 1. The predicted molar refractivity (Wildman–Crippen MR) is 80.0 cm³/mol. The van der Waals surface area contributed by atoms with Gasteiger partial charge in [0.05, 0.1) is 18.9 Å². The first-order chi connectivity index (χ1) is 9.83. The van der Waals surface area contributed by atoms with Crippen LogP contribution in [0, 0.1) is 0 Å². The Balaban J connectivity index is 1.91. The van der Waals surface area contributed by atoms with Crippen molar-refractivity contribution in [2.24, 2.45) is 0 Å². The van der Waals surface area contributed by atoms with Crippen LogP contribution in [-0.4, -0.2) is 31.3 Å². The van der Waals surface area contributed by atoms with Gasteiger partial charge in [-0.15, -0.1) is 0 Å². The fourth-order valence-corrected chi connectivity index (χ4v) is 2.74. The molecule has 0 bridgehead atoms. The van der Waals surface area contributed by atoms with E-state index in [-0.39, 0.29) is 0 Å². The summed E-state index contributed by atoms with van der Waals surface area (Å²) in [4.78, 5) is 4.27. The standard InChI is InChI=1S/C16H26N2O2/c1-3-19-15-10-13(11-18-12-15)16(17-2)8-7-14-6-4-5-9-20-14/h10-12,14,16-17H,3-9H2,1-2H3. The number of nitrogens with one attached hydrogen (secondary N) is 1. The molecule has 112 valence electrons. The van der Waals surface area contributed by atoms with Crippen molar-refractivity contribution in [1.29, 1.82) is 0 Å². The SMILES string of the molecule is CCOc1cncc(C(CCC2CCCCO2)NC)c1. The molecule has 1 aromatic heterocycles. The summed E-state index contributed by atoms with van der Waals surface area (Å²) in [6.07, 6.45) is 10.0. The van der Waals surface area contributed by atoms with Crippen LogP contribution in [0.15, 0.2) is 18.5 Å². The quantitative estimate of drug-likeness (QED) is 0.832. The molecule has 2 rings (SSSR count). The van der Waals surface area contributed by atoms with Crippen molar-refractivity contribution in [2.75, 3.05) is 20.3 Å². The molecular formula is C16H26N2O2. The van der Waals surface area contributed by atoms with Gasteiger partial charge in [0, 0.05) is 18.8 Å². The molecular weight excluding hydrogens is 252 g/mol. The predicted octanol–water partition coefficient (Wildman–Crippen LogP) is 3.09. The molecule has 0 radical (unpaired) electrons.